The van der Waals surface area contributed by atoms with Crippen molar-refractivity contribution in [2.45, 2.75) is 13.3 Å². The summed E-state index contributed by atoms with van der Waals surface area (Å²) in [5.74, 6) is -0.0695. The highest BCUT2D eigenvalue weighted by molar-refractivity contribution is 7.23. The zero-order valence-electron chi connectivity index (χ0n) is 17.4. The van der Waals surface area contributed by atoms with Crippen molar-refractivity contribution in [1.82, 2.24) is 14.9 Å². The largest absolute Gasteiger partial charge is 0.379 e. The number of thiazole rings is 2. The van der Waals surface area contributed by atoms with Crippen LogP contribution in [0.25, 0.3) is 20.4 Å². The molecule has 8 heteroatoms. The van der Waals surface area contributed by atoms with Crippen molar-refractivity contribution in [2.24, 2.45) is 0 Å². The number of hydrogen-bond donors (Lipinski definition) is 0. The highest BCUT2D eigenvalue weighted by atomic mass is 32.1. The standard InChI is InChI=1S/C23H24N4O2S2/c1-16-6-4-9-19-20(16)25-23(31-19)27(11-5-10-26-12-14-29-15-13-26)22(28)21-24-17-7-2-3-8-18(17)30-21/h2-4,6-9H,5,10-15H2,1H3. The summed E-state index contributed by atoms with van der Waals surface area (Å²) in [5, 5.41) is 1.26. The Balaban J connectivity index is 1.43. The van der Waals surface area contributed by atoms with Gasteiger partial charge in [-0.25, -0.2) is 9.97 Å². The van der Waals surface area contributed by atoms with E-state index in [-0.39, 0.29) is 5.91 Å². The van der Waals surface area contributed by atoms with E-state index in [1.165, 1.54) is 11.3 Å². The summed E-state index contributed by atoms with van der Waals surface area (Å²) in [6.45, 7) is 7.08. The fourth-order valence-electron chi connectivity index (χ4n) is 3.83. The molecule has 0 radical (unpaired) electrons. The molecule has 31 heavy (non-hydrogen) atoms. The highest BCUT2D eigenvalue weighted by Crippen LogP contribution is 2.32. The van der Waals surface area contributed by atoms with Gasteiger partial charge in [-0.3, -0.25) is 14.6 Å². The lowest BCUT2D eigenvalue weighted by atomic mass is 10.2. The topological polar surface area (TPSA) is 58.6 Å². The number of aryl methyl sites for hydroxylation is 1. The van der Waals surface area contributed by atoms with Gasteiger partial charge in [0.1, 0.15) is 0 Å². The van der Waals surface area contributed by atoms with Gasteiger partial charge in [0.2, 0.25) is 0 Å². The van der Waals surface area contributed by atoms with Crippen LogP contribution in [0.5, 0.6) is 0 Å². The Kier molecular flexibility index (Phi) is 5.95. The fraction of sp³-hybridized carbons (Fsp3) is 0.348. The number of para-hydroxylation sites is 2. The Labute approximate surface area is 189 Å². The van der Waals surface area contributed by atoms with Crippen molar-refractivity contribution in [3.63, 3.8) is 0 Å². The molecule has 0 unspecified atom stereocenters. The van der Waals surface area contributed by atoms with E-state index >= 15 is 0 Å². The van der Waals surface area contributed by atoms with Gasteiger partial charge >= 0.3 is 0 Å². The van der Waals surface area contributed by atoms with Crippen LogP contribution in [0.4, 0.5) is 5.13 Å². The van der Waals surface area contributed by atoms with E-state index < -0.39 is 0 Å². The molecule has 1 saturated heterocycles. The maximum Gasteiger partial charge on any atom is 0.289 e. The third-order valence-electron chi connectivity index (χ3n) is 5.52. The number of hydrogen-bond acceptors (Lipinski definition) is 7. The molecule has 1 amide bonds. The maximum absolute atomic E-state index is 13.6. The molecule has 0 bridgehead atoms. The molecule has 0 spiro atoms. The minimum absolute atomic E-state index is 0.0695. The van der Waals surface area contributed by atoms with Crippen LogP contribution in [0.1, 0.15) is 21.8 Å². The second-order valence-corrected chi connectivity index (χ2v) is 9.71. The Hall–Kier alpha value is -2.39. The lowest BCUT2D eigenvalue weighted by Gasteiger charge is -2.27. The first-order valence-electron chi connectivity index (χ1n) is 10.5. The molecule has 3 heterocycles. The van der Waals surface area contributed by atoms with Crippen LogP contribution in [0.2, 0.25) is 0 Å². The lowest BCUT2D eigenvalue weighted by Crippen LogP contribution is -2.39. The zero-order valence-corrected chi connectivity index (χ0v) is 19.0. The molecule has 1 aliphatic heterocycles. The maximum atomic E-state index is 13.6. The average Bonchev–Trinajstić information content (AvgIpc) is 3.42. The van der Waals surface area contributed by atoms with Crippen molar-refractivity contribution in [3.05, 3.63) is 53.0 Å². The lowest BCUT2D eigenvalue weighted by molar-refractivity contribution is 0.0376. The Bertz CT molecular complexity index is 1180. The van der Waals surface area contributed by atoms with E-state index in [0.29, 0.717) is 11.6 Å². The predicted octanol–water partition coefficient (Wildman–Crippen LogP) is 4.58. The second-order valence-electron chi connectivity index (χ2n) is 7.67. The van der Waals surface area contributed by atoms with Crippen molar-refractivity contribution in [2.75, 3.05) is 44.3 Å². The number of nitrogens with zero attached hydrogens (tertiary/aromatic N) is 4. The third kappa shape index (κ3) is 4.34. The number of morpholine rings is 1. The van der Waals surface area contributed by atoms with E-state index in [0.717, 1.165) is 70.4 Å². The molecule has 0 N–H and O–H groups in total. The number of carbonyl (C=O) groups is 1. The number of aromatic nitrogens is 2. The summed E-state index contributed by atoms with van der Waals surface area (Å²) in [6.07, 6.45) is 0.880. The van der Waals surface area contributed by atoms with Crippen molar-refractivity contribution in [1.29, 1.82) is 0 Å². The molecule has 0 atom stereocenters. The number of anilines is 1. The van der Waals surface area contributed by atoms with Gasteiger partial charge < -0.3 is 4.74 Å². The van der Waals surface area contributed by atoms with Gasteiger partial charge in [0.15, 0.2) is 10.1 Å². The van der Waals surface area contributed by atoms with E-state index in [4.69, 9.17) is 9.72 Å². The zero-order chi connectivity index (χ0) is 21.2. The van der Waals surface area contributed by atoms with Gasteiger partial charge in [0.05, 0.1) is 33.6 Å². The van der Waals surface area contributed by atoms with Gasteiger partial charge in [-0.15, -0.1) is 11.3 Å². The fourth-order valence-corrected chi connectivity index (χ4v) is 5.81. The molecule has 2 aromatic carbocycles. The first kappa shape index (κ1) is 20.5. The summed E-state index contributed by atoms with van der Waals surface area (Å²) in [6, 6.07) is 14.1. The average molecular weight is 453 g/mol. The van der Waals surface area contributed by atoms with Crippen LogP contribution in [0.3, 0.4) is 0 Å². The summed E-state index contributed by atoms with van der Waals surface area (Å²) in [4.78, 5) is 27.2. The quantitative estimate of drug-likeness (QED) is 0.428. The van der Waals surface area contributed by atoms with Crippen LogP contribution in [0.15, 0.2) is 42.5 Å². The van der Waals surface area contributed by atoms with Crippen molar-refractivity contribution < 1.29 is 9.53 Å². The Morgan fingerprint density at radius 3 is 2.68 bits per heavy atom. The predicted molar refractivity (Wildman–Crippen MR) is 128 cm³/mol. The first-order chi connectivity index (χ1) is 15.2. The molecule has 2 aromatic heterocycles. The van der Waals surface area contributed by atoms with Gasteiger partial charge in [-0.2, -0.15) is 0 Å². The van der Waals surface area contributed by atoms with E-state index in [9.17, 15) is 4.79 Å². The second kappa shape index (κ2) is 9.00. The van der Waals surface area contributed by atoms with Crippen molar-refractivity contribution >= 4 is 54.1 Å². The SMILES string of the molecule is Cc1cccc2sc(N(CCCN3CCOCC3)C(=O)c3nc4ccccc4s3)nc12. The summed E-state index contributed by atoms with van der Waals surface area (Å²) in [5.41, 5.74) is 2.96. The van der Waals surface area contributed by atoms with Crippen LogP contribution in [-0.2, 0) is 4.74 Å². The molecule has 5 rings (SSSR count). The van der Waals surface area contributed by atoms with Crippen LogP contribution in [-0.4, -0.2) is 60.2 Å². The molecule has 4 aromatic rings. The number of ether oxygens (including phenoxy) is 1. The molecule has 0 saturated carbocycles. The smallest absolute Gasteiger partial charge is 0.289 e. The Morgan fingerprint density at radius 1 is 1.06 bits per heavy atom. The molecular formula is C23H24N4O2S2. The highest BCUT2D eigenvalue weighted by Gasteiger charge is 2.25. The normalized spacial score (nSPS) is 15.0. The molecule has 160 valence electrons. The number of benzene rings is 2. The minimum Gasteiger partial charge on any atom is -0.379 e. The van der Waals surface area contributed by atoms with Crippen LogP contribution in [0, 0.1) is 6.92 Å². The number of amides is 1. The van der Waals surface area contributed by atoms with Crippen molar-refractivity contribution in [3.8, 4) is 0 Å². The summed E-state index contributed by atoms with van der Waals surface area (Å²) >= 11 is 3.02. The number of rotatable bonds is 6. The van der Waals surface area contributed by atoms with E-state index in [1.807, 2.05) is 35.2 Å². The molecule has 1 fully saturated rings. The molecule has 6 nitrogen and oxygen atoms in total. The summed E-state index contributed by atoms with van der Waals surface area (Å²) < 4.78 is 7.57. The van der Waals surface area contributed by atoms with Gasteiger partial charge in [-0.05, 0) is 37.1 Å². The van der Waals surface area contributed by atoms with Gasteiger partial charge in [0.25, 0.3) is 5.91 Å². The van der Waals surface area contributed by atoms with Crippen LogP contribution >= 0.6 is 22.7 Å². The monoisotopic (exact) mass is 452 g/mol. The van der Waals surface area contributed by atoms with Gasteiger partial charge in [-0.1, -0.05) is 35.6 Å². The number of fused-ring (bicyclic) bond motifs is 2. The van der Waals surface area contributed by atoms with E-state index in [1.54, 1.807) is 11.3 Å². The number of carbonyl (C=O) groups excluding carboxylic acids is 1. The first-order valence-corrected chi connectivity index (χ1v) is 12.2. The summed E-state index contributed by atoms with van der Waals surface area (Å²) in [7, 11) is 0. The third-order valence-corrected chi connectivity index (χ3v) is 7.59. The van der Waals surface area contributed by atoms with Gasteiger partial charge in [0, 0.05) is 26.2 Å². The Morgan fingerprint density at radius 2 is 1.87 bits per heavy atom. The minimum atomic E-state index is -0.0695. The van der Waals surface area contributed by atoms with E-state index in [2.05, 4.69) is 28.9 Å². The van der Waals surface area contributed by atoms with Crippen LogP contribution < -0.4 is 4.90 Å². The molecular weight excluding hydrogens is 428 g/mol. The molecule has 0 aliphatic carbocycles. The molecule has 1 aliphatic rings.